The van der Waals surface area contributed by atoms with E-state index in [4.69, 9.17) is 18.6 Å². The minimum Gasteiger partial charge on any atom is -0.414 e. The molecule has 4 nitrogen and oxygen atoms in total. The van der Waals surface area contributed by atoms with Crippen molar-refractivity contribution in [3.8, 4) is 0 Å². The third kappa shape index (κ3) is 4.37. The molecule has 0 radical (unpaired) electrons. The Kier molecular flexibility index (Phi) is 5.66. The Bertz CT molecular complexity index is 614. The molecule has 2 fully saturated rings. The SMILES string of the molecule is CC1(C)OC2C(CO[Si](C)(C)C(C)(C)C)OC(Sc3ccccc3)C2O1. The average molecular weight is 397 g/mol. The highest BCUT2D eigenvalue weighted by molar-refractivity contribution is 7.99. The van der Waals surface area contributed by atoms with Gasteiger partial charge in [0, 0.05) is 4.90 Å². The van der Waals surface area contributed by atoms with E-state index < -0.39 is 14.1 Å². The molecule has 1 aromatic carbocycles. The van der Waals surface area contributed by atoms with Crippen LogP contribution in [0, 0.1) is 0 Å². The van der Waals surface area contributed by atoms with Gasteiger partial charge in [0.1, 0.15) is 23.7 Å². The molecule has 0 N–H and O–H groups in total. The van der Waals surface area contributed by atoms with E-state index in [0.717, 1.165) is 0 Å². The molecule has 4 unspecified atom stereocenters. The number of ether oxygens (including phenoxy) is 3. The molecule has 6 heteroatoms. The van der Waals surface area contributed by atoms with Crippen molar-refractivity contribution in [3.63, 3.8) is 0 Å². The van der Waals surface area contributed by atoms with E-state index >= 15 is 0 Å². The van der Waals surface area contributed by atoms with Crippen molar-refractivity contribution < 1.29 is 18.6 Å². The summed E-state index contributed by atoms with van der Waals surface area (Å²) in [6.07, 6.45) is -0.267. The van der Waals surface area contributed by atoms with Gasteiger partial charge in [-0.3, -0.25) is 0 Å². The van der Waals surface area contributed by atoms with Gasteiger partial charge in [-0.2, -0.15) is 0 Å². The fraction of sp³-hybridized carbons (Fsp3) is 0.700. The van der Waals surface area contributed by atoms with Gasteiger partial charge in [-0.25, -0.2) is 0 Å². The Morgan fingerprint density at radius 3 is 2.31 bits per heavy atom. The third-order valence-corrected chi connectivity index (χ3v) is 11.2. The summed E-state index contributed by atoms with van der Waals surface area (Å²) >= 11 is 1.70. The van der Waals surface area contributed by atoms with Crippen LogP contribution in [-0.2, 0) is 18.6 Å². The molecule has 1 aromatic rings. The van der Waals surface area contributed by atoms with Crippen molar-refractivity contribution in [1.29, 1.82) is 0 Å². The first-order chi connectivity index (χ1) is 12.0. The van der Waals surface area contributed by atoms with Crippen molar-refractivity contribution in [3.05, 3.63) is 30.3 Å². The molecule has 0 aromatic heterocycles. The molecule has 146 valence electrons. The lowest BCUT2D eigenvalue weighted by atomic mass is 10.2. The van der Waals surface area contributed by atoms with Gasteiger partial charge >= 0.3 is 0 Å². The first-order valence-electron chi connectivity index (χ1n) is 9.35. The van der Waals surface area contributed by atoms with E-state index in [1.165, 1.54) is 4.90 Å². The summed E-state index contributed by atoms with van der Waals surface area (Å²) in [7, 11) is -1.83. The van der Waals surface area contributed by atoms with Crippen LogP contribution in [0.25, 0.3) is 0 Å². The third-order valence-electron chi connectivity index (χ3n) is 5.52. The summed E-state index contributed by atoms with van der Waals surface area (Å²) in [4.78, 5) is 1.18. The van der Waals surface area contributed by atoms with Crippen LogP contribution in [0.2, 0.25) is 18.1 Å². The summed E-state index contributed by atoms with van der Waals surface area (Å²) in [6.45, 7) is 15.8. The van der Waals surface area contributed by atoms with E-state index in [9.17, 15) is 0 Å². The molecule has 2 heterocycles. The quantitative estimate of drug-likeness (QED) is 0.651. The second-order valence-corrected chi connectivity index (χ2v) is 15.1. The largest absolute Gasteiger partial charge is 0.414 e. The average Bonchev–Trinajstić information content (AvgIpc) is 3.00. The Morgan fingerprint density at radius 1 is 1.08 bits per heavy atom. The van der Waals surface area contributed by atoms with Crippen molar-refractivity contribution in [2.75, 3.05) is 6.61 Å². The summed E-state index contributed by atoms with van der Waals surface area (Å²) < 4.78 is 25.1. The molecular formula is C20H32O4SSi. The number of hydrogen-bond donors (Lipinski definition) is 0. The predicted molar refractivity (Wildman–Crippen MR) is 108 cm³/mol. The van der Waals surface area contributed by atoms with Crippen LogP contribution in [0.3, 0.4) is 0 Å². The van der Waals surface area contributed by atoms with Gasteiger partial charge in [0.2, 0.25) is 0 Å². The molecule has 0 spiro atoms. The summed E-state index contributed by atoms with van der Waals surface area (Å²) in [5.41, 5.74) is -0.0859. The number of fused-ring (bicyclic) bond motifs is 1. The molecule has 2 aliphatic heterocycles. The maximum Gasteiger partial charge on any atom is 0.192 e. The molecule has 0 aliphatic carbocycles. The lowest BCUT2D eigenvalue weighted by molar-refractivity contribution is -0.180. The zero-order valence-corrected chi connectivity index (χ0v) is 18.8. The molecule has 2 aliphatic rings. The maximum absolute atomic E-state index is 6.42. The molecule has 0 saturated carbocycles. The number of thioether (sulfide) groups is 1. The predicted octanol–water partition coefficient (Wildman–Crippen LogP) is 5.05. The smallest absolute Gasteiger partial charge is 0.192 e. The van der Waals surface area contributed by atoms with E-state index in [1.54, 1.807) is 11.8 Å². The van der Waals surface area contributed by atoms with Gasteiger partial charge < -0.3 is 18.6 Å². The lowest BCUT2D eigenvalue weighted by Crippen LogP contribution is -2.44. The molecule has 26 heavy (non-hydrogen) atoms. The summed E-state index contributed by atoms with van der Waals surface area (Å²) in [5.74, 6) is -0.580. The van der Waals surface area contributed by atoms with Crippen molar-refractivity contribution in [2.24, 2.45) is 0 Å². The van der Waals surface area contributed by atoms with Crippen molar-refractivity contribution in [2.45, 2.75) is 87.2 Å². The minimum absolute atomic E-state index is 0.0804. The Morgan fingerprint density at radius 2 is 1.69 bits per heavy atom. The Labute approximate surface area is 163 Å². The number of hydrogen-bond acceptors (Lipinski definition) is 5. The first kappa shape index (κ1) is 20.4. The second kappa shape index (κ2) is 7.22. The molecule has 0 bridgehead atoms. The van der Waals surface area contributed by atoms with E-state index in [0.29, 0.717) is 6.61 Å². The van der Waals surface area contributed by atoms with Crippen LogP contribution in [-0.4, -0.2) is 44.5 Å². The van der Waals surface area contributed by atoms with Gasteiger partial charge in [0.15, 0.2) is 14.1 Å². The van der Waals surface area contributed by atoms with Crippen LogP contribution < -0.4 is 0 Å². The topological polar surface area (TPSA) is 36.9 Å². The molecule has 4 atom stereocenters. The van der Waals surface area contributed by atoms with Crippen molar-refractivity contribution >= 4 is 20.1 Å². The molecular weight excluding hydrogens is 364 g/mol. The van der Waals surface area contributed by atoms with E-state index in [-0.39, 0.29) is 28.8 Å². The molecule has 2 saturated heterocycles. The standard InChI is InChI=1S/C20H32O4SSi/c1-19(2,3)26(6,7)21-13-15-16-17(24-20(4,5)23-16)18(22-15)25-14-11-9-8-10-12-14/h8-12,15-18H,13H2,1-7H3. The van der Waals surface area contributed by atoms with E-state index in [2.05, 4.69) is 46.0 Å². The van der Waals surface area contributed by atoms with Gasteiger partial charge in [-0.1, -0.05) is 50.7 Å². The Balaban J connectivity index is 1.71. The van der Waals surface area contributed by atoms with Gasteiger partial charge in [-0.05, 0) is 44.1 Å². The highest BCUT2D eigenvalue weighted by Gasteiger charge is 2.56. The zero-order valence-electron chi connectivity index (χ0n) is 16.9. The minimum atomic E-state index is -1.83. The van der Waals surface area contributed by atoms with Crippen LogP contribution in [0.1, 0.15) is 34.6 Å². The number of rotatable bonds is 5. The van der Waals surface area contributed by atoms with Gasteiger partial charge in [0.25, 0.3) is 0 Å². The normalized spacial score (nSPS) is 31.2. The van der Waals surface area contributed by atoms with Crippen LogP contribution >= 0.6 is 11.8 Å². The van der Waals surface area contributed by atoms with Gasteiger partial charge in [-0.15, -0.1) is 0 Å². The monoisotopic (exact) mass is 396 g/mol. The summed E-state index contributed by atoms with van der Waals surface area (Å²) in [6, 6.07) is 10.3. The Hall–Kier alpha value is -0.373. The highest BCUT2D eigenvalue weighted by atomic mass is 32.2. The fourth-order valence-corrected chi connectivity index (χ4v) is 5.15. The van der Waals surface area contributed by atoms with Crippen molar-refractivity contribution in [1.82, 2.24) is 0 Å². The highest BCUT2D eigenvalue weighted by Crippen LogP contribution is 2.45. The van der Waals surface area contributed by atoms with E-state index in [1.807, 2.05) is 32.0 Å². The van der Waals surface area contributed by atoms with Crippen LogP contribution in [0.5, 0.6) is 0 Å². The zero-order chi connectivity index (χ0) is 19.2. The maximum atomic E-state index is 6.42. The molecule has 3 rings (SSSR count). The summed E-state index contributed by atoms with van der Waals surface area (Å²) in [5, 5.41) is 0.176. The second-order valence-electron chi connectivity index (χ2n) is 9.11. The van der Waals surface area contributed by atoms with Gasteiger partial charge in [0.05, 0.1) is 6.61 Å². The van der Waals surface area contributed by atoms with Crippen LogP contribution in [0.4, 0.5) is 0 Å². The number of benzene rings is 1. The first-order valence-corrected chi connectivity index (χ1v) is 13.1. The lowest BCUT2D eigenvalue weighted by Gasteiger charge is -2.37. The molecule has 0 amide bonds. The fourth-order valence-electron chi connectivity index (χ4n) is 3.01. The van der Waals surface area contributed by atoms with Crippen LogP contribution in [0.15, 0.2) is 35.2 Å².